The predicted molar refractivity (Wildman–Crippen MR) is 68.9 cm³/mol. The van der Waals surface area contributed by atoms with E-state index in [1.54, 1.807) is 11.9 Å². The molecule has 1 heterocycles. The number of carbonyl (C=O) groups is 2. The lowest BCUT2D eigenvalue weighted by Gasteiger charge is -2.36. The normalized spacial score (nSPS) is 24.0. The Morgan fingerprint density at radius 3 is 2.50 bits per heavy atom. The number of rotatable bonds is 3. The van der Waals surface area contributed by atoms with Gasteiger partial charge < -0.3 is 10.2 Å². The van der Waals surface area contributed by atoms with Gasteiger partial charge in [0.15, 0.2) is 0 Å². The highest BCUT2D eigenvalue weighted by Crippen LogP contribution is 2.14. The first-order valence-corrected chi connectivity index (χ1v) is 6.24. The van der Waals surface area contributed by atoms with Gasteiger partial charge in [-0.2, -0.15) is 0 Å². The van der Waals surface area contributed by atoms with Gasteiger partial charge in [0.2, 0.25) is 11.8 Å². The molecule has 0 saturated carbocycles. The topological polar surface area (TPSA) is 49.4 Å². The van der Waals surface area contributed by atoms with Crippen molar-refractivity contribution in [1.82, 2.24) is 10.2 Å². The summed E-state index contributed by atoms with van der Waals surface area (Å²) in [5, 5.41) is 2.82. The fourth-order valence-corrected chi connectivity index (χ4v) is 2.35. The van der Waals surface area contributed by atoms with Crippen LogP contribution in [0.5, 0.6) is 0 Å². The maximum Gasteiger partial charge on any atom is 0.245 e. The monoisotopic (exact) mass is 246 g/mol. The van der Waals surface area contributed by atoms with Crippen LogP contribution in [0.2, 0.25) is 0 Å². The minimum atomic E-state index is -0.437. The third kappa shape index (κ3) is 2.37. The smallest absolute Gasteiger partial charge is 0.245 e. The molecule has 4 heteroatoms. The van der Waals surface area contributed by atoms with Crippen LogP contribution in [-0.4, -0.2) is 35.8 Å². The lowest BCUT2D eigenvalue weighted by Crippen LogP contribution is -2.62. The van der Waals surface area contributed by atoms with Gasteiger partial charge >= 0.3 is 0 Å². The number of hydrogen-bond donors (Lipinski definition) is 1. The van der Waals surface area contributed by atoms with E-state index >= 15 is 0 Å². The molecule has 4 nitrogen and oxygen atoms in total. The van der Waals surface area contributed by atoms with E-state index in [-0.39, 0.29) is 17.9 Å². The standard InChI is InChI=1S/C14H18N2O2/c1-3-12-13(17)15-11(14(18)16(12)2)9-10-7-5-4-6-8-10/h4-8,11-12H,3,9H2,1-2H3,(H,15,17)/t11-,12-/m0/s1. The average Bonchev–Trinajstić information content (AvgIpc) is 2.37. The minimum Gasteiger partial charge on any atom is -0.342 e. The quantitative estimate of drug-likeness (QED) is 0.863. The Morgan fingerprint density at radius 2 is 1.89 bits per heavy atom. The molecule has 1 aliphatic heterocycles. The first-order chi connectivity index (χ1) is 8.63. The number of nitrogens with one attached hydrogen (secondary N) is 1. The summed E-state index contributed by atoms with van der Waals surface area (Å²) in [4.78, 5) is 25.6. The lowest BCUT2D eigenvalue weighted by atomic mass is 10.00. The van der Waals surface area contributed by atoms with Gasteiger partial charge in [0.05, 0.1) is 0 Å². The van der Waals surface area contributed by atoms with Crippen molar-refractivity contribution in [2.24, 2.45) is 0 Å². The highest BCUT2D eigenvalue weighted by Gasteiger charge is 2.37. The van der Waals surface area contributed by atoms with E-state index in [0.717, 1.165) is 5.56 Å². The zero-order valence-electron chi connectivity index (χ0n) is 10.7. The molecule has 1 aromatic carbocycles. The Balaban J connectivity index is 2.11. The number of piperazine rings is 1. The molecule has 0 spiro atoms. The molecular formula is C14H18N2O2. The third-order valence-corrected chi connectivity index (χ3v) is 3.40. The van der Waals surface area contributed by atoms with Crippen LogP contribution in [0, 0.1) is 0 Å². The van der Waals surface area contributed by atoms with Crippen LogP contribution in [0.1, 0.15) is 18.9 Å². The summed E-state index contributed by atoms with van der Waals surface area (Å²) >= 11 is 0. The van der Waals surface area contributed by atoms with E-state index in [9.17, 15) is 9.59 Å². The number of carbonyl (C=O) groups excluding carboxylic acids is 2. The van der Waals surface area contributed by atoms with Crippen molar-refractivity contribution in [2.75, 3.05) is 7.05 Å². The molecule has 2 rings (SSSR count). The number of amides is 2. The van der Waals surface area contributed by atoms with Gasteiger partial charge in [0, 0.05) is 13.5 Å². The van der Waals surface area contributed by atoms with Crippen LogP contribution in [0.4, 0.5) is 0 Å². The molecule has 0 unspecified atom stereocenters. The first-order valence-electron chi connectivity index (χ1n) is 6.24. The second-order valence-electron chi connectivity index (χ2n) is 4.62. The van der Waals surface area contributed by atoms with Gasteiger partial charge in [0.25, 0.3) is 0 Å². The molecule has 0 bridgehead atoms. The van der Waals surface area contributed by atoms with Crippen molar-refractivity contribution in [3.05, 3.63) is 35.9 Å². The van der Waals surface area contributed by atoms with Gasteiger partial charge in [-0.1, -0.05) is 37.3 Å². The zero-order valence-corrected chi connectivity index (χ0v) is 10.7. The molecule has 1 saturated heterocycles. The van der Waals surface area contributed by atoms with Crippen molar-refractivity contribution in [3.8, 4) is 0 Å². The van der Waals surface area contributed by atoms with Crippen LogP contribution in [0.25, 0.3) is 0 Å². The summed E-state index contributed by atoms with van der Waals surface area (Å²) in [6, 6.07) is 8.96. The summed E-state index contributed by atoms with van der Waals surface area (Å²) in [6.07, 6.45) is 1.19. The second kappa shape index (κ2) is 5.21. The molecule has 1 fully saturated rings. The molecule has 0 radical (unpaired) electrons. The van der Waals surface area contributed by atoms with Crippen LogP contribution in [-0.2, 0) is 16.0 Å². The molecule has 0 aliphatic carbocycles. The molecule has 96 valence electrons. The van der Waals surface area contributed by atoms with E-state index in [1.807, 2.05) is 37.3 Å². The van der Waals surface area contributed by atoms with Crippen LogP contribution < -0.4 is 5.32 Å². The fraction of sp³-hybridized carbons (Fsp3) is 0.429. The Hall–Kier alpha value is -1.84. The summed E-state index contributed by atoms with van der Waals surface area (Å²) in [5.41, 5.74) is 1.06. The highest BCUT2D eigenvalue weighted by atomic mass is 16.2. The Kier molecular flexibility index (Phi) is 3.65. The molecule has 18 heavy (non-hydrogen) atoms. The van der Waals surface area contributed by atoms with Crippen molar-refractivity contribution < 1.29 is 9.59 Å². The van der Waals surface area contributed by atoms with Crippen molar-refractivity contribution in [2.45, 2.75) is 31.8 Å². The van der Waals surface area contributed by atoms with E-state index in [2.05, 4.69) is 5.32 Å². The summed E-state index contributed by atoms with van der Waals surface area (Å²) in [7, 11) is 1.70. The fourth-order valence-electron chi connectivity index (χ4n) is 2.35. The van der Waals surface area contributed by atoms with Gasteiger partial charge in [-0.05, 0) is 12.0 Å². The van der Waals surface area contributed by atoms with Gasteiger partial charge in [0.1, 0.15) is 12.1 Å². The summed E-state index contributed by atoms with van der Waals surface area (Å²) in [6.45, 7) is 1.91. The number of likely N-dealkylation sites (N-methyl/N-ethyl adjacent to an activating group) is 1. The van der Waals surface area contributed by atoms with Crippen LogP contribution in [0.3, 0.4) is 0 Å². The van der Waals surface area contributed by atoms with Crippen molar-refractivity contribution in [1.29, 1.82) is 0 Å². The van der Waals surface area contributed by atoms with E-state index < -0.39 is 6.04 Å². The van der Waals surface area contributed by atoms with Crippen molar-refractivity contribution in [3.63, 3.8) is 0 Å². The van der Waals surface area contributed by atoms with Gasteiger partial charge in [-0.15, -0.1) is 0 Å². The Morgan fingerprint density at radius 1 is 1.22 bits per heavy atom. The van der Waals surface area contributed by atoms with Gasteiger partial charge in [-0.3, -0.25) is 9.59 Å². The first kappa shape index (κ1) is 12.6. The minimum absolute atomic E-state index is 0.00898. The maximum absolute atomic E-state index is 12.2. The van der Waals surface area contributed by atoms with Crippen LogP contribution >= 0.6 is 0 Å². The average molecular weight is 246 g/mol. The molecule has 0 aromatic heterocycles. The molecule has 1 aromatic rings. The maximum atomic E-state index is 12.2. The highest BCUT2D eigenvalue weighted by molar-refractivity contribution is 5.96. The summed E-state index contributed by atoms with van der Waals surface area (Å²) in [5.74, 6) is -0.0640. The van der Waals surface area contributed by atoms with E-state index in [4.69, 9.17) is 0 Å². The van der Waals surface area contributed by atoms with Crippen molar-refractivity contribution >= 4 is 11.8 Å². The number of benzene rings is 1. The van der Waals surface area contributed by atoms with E-state index in [0.29, 0.717) is 12.8 Å². The molecule has 2 amide bonds. The van der Waals surface area contributed by atoms with Crippen LogP contribution in [0.15, 0.2) is 30.3 Å². The number of nitrogens with zero attached hydrogens (tertiary/aromatic N) is 1. The largest absolute Gasteiger partial charge is 0.342 e. The third-order valence-electron chi connectivity index (χ3n) is 3.40. The van der Waals surface area contributed by atoms with E-state index in [1.165, 1.54) is 0 Å². The Bertz CT molecular complexity index is 444. The second-order valence-corrected chi connectivity index (χ2v) is 4.62. The molecular weight excluding hydrogens is 228 g/mol. The molecule has 1 aliphatic rings. The number of hydrogen-bond acceptors (Lipinski definition) is 2. The zero-order chi connectivity index (χ0) is 13.1. The lowest BCUT2D eigenvalue weighted by molar-refractivity contribution is -0.147. The SMILES string of the molecule is CC[C@H]1C(=O)N[C@@H](Cc2ccccc2)C(=O)N1C. The predicted octanol–water partition coefficient (Wildman–Crippen LogP) is 0.964. The molecule has 1 N–H and O–H groups in total. The Labute approximate surface area is 107 Å². The molecule has 2 atom stereocenters. The van der Waals surface area contributed by atoms with Gasteiger partial charge in [-0.25, -0.2) is 0 Å². The summed E-state index contributed by atoms with van der Waals surface area (Å²) < 4.78 is 0.